The summed E-state index contributed by atoms with van der Waals surface area (Å²) in [6, 6.07) is -0.844. The summed E-state index contributed by atoms with van der Waals surface area (Å²) in [4.78, 5) is 24.2. The topological polar surface area (TPSA) is 77.8 Å². The number of aliphatic hydroxyl groups excluding tert-OH is 1. The lowest BCUT2D eigenvalue weighted by atomic mass is 10.1. The summed E-state index contributed by atoms with van der Waals surface area (Å²) in [6.07, 6.45) is 5.11. The van der Waals surface area contributed by atoms with Gasteiger partial charge in [0.2, 0.25) is 5.91 Å². The molecule has 0 aromatic rings. The molecule has 2 unspecified atom stereocenters. The fourth-order valence-corrected chi connectivity index (χ4v) is 2.35. The number of β-amino-alcohol motifs (C(OH)–C–C–N with tert-alkyl or cyclic N) is 1. The maximum atomic E-state index is 11.9. The Labute approximate surface area is 108 Å². The number of unbranched alkanes of at least 4 members (excludes halogenated alkanes) is 4. The van der Waals surface area contributed by atoms with Gasteiger partial charge in [-0.15, -0.1) is 0 Å². The van der Waals surface area contributed by atoms with Crippen molar-refractivity contribution in [3.8, 4) is 0 Å². The predicted octanol–water partition coefficient (Wildman–Crippen LogP) is 1.39. The average molecular weight is 257 g/mol. The highest BCUT2D eigenvalue weighted by Gasteiger charge is 2.38. The van der Waals surface area contributed by atoms with E-state index in [0.717, 1.165) is 25.7 Å². The van der Waals surface area contributed by atoms with Gasteiger partial charge in [-0.05, 0) is 6.42 Å². The number of hydrogen-bond donors (Lipinski definition) is 2. The summed E-state index contributed by atoms with van der Waals surface area (Å²) in [5.74, 6) is -1.17. The molecule has 5 nitrogen and oxygen atoms in total. The number of nitrogens with zero attached hydrogens (tertiary/aromatic N) is 1. The molecule has 1 aliphatic rings. The number of aliphatic hydroxyl groups is 1. The van der Waals surface area contributed by atoms with E-state index in [2.05, 4.69) is 6.92 Å². The number of hydrogen-bond acceptors (Lipinski definition) is 3. The molecule has 1 fully saturated rings. The number of carbonyl (C=O) groups excluding carboxylic acids is 1. The van der Waals surface area contributed by atoms with E-state index in [-0.39, 0.29) is 18.9 Å². The third-order valence-corrected chi connectivity index (χ3v) is 3.38. The predicted molar refractivity (Wildman–Crippen MR) is 67.1 cm³/mol. The first-order valence-electron chi connectivity index (χ1n) is 6.76. The van der Waals surface area contributed by atoms with Gasteiger partial charge in [0, 0.05) is 19.4 Å². The first kappa shape index (κ1) is 15.0. The van der Waals surface area contributed by atoms with E-state index in [1.54, 1.807) is 0 Å². The molecule has 0 aromatic heterocycles. The standard InChI is InChI=1S/C13H23NO4/c1-2-3-4-5-6-7-12(16)14-9-10(15)8-11(14)13(17)18/h10-11,15H,2-9H2,1H3,(H,17,18). The van der Waals surface area contributed by atoms with Crippen LogP contribution in [0, 0.1) is 0 Å². The molecular formula is C13H23NO4. The Bertz CT molecular complexity index is 293. The van der Waals surface area contributed by atoms with Crippen molar-refractivity contribution in [1.29, 1.82) is 0 Å². The summed E-state index contributed by atoms with van der Waals surface area (Å²) in [6.45, 7) is 2.29. The smallest absolute Gasteiger partial charge is 0.326 e. The first-order valence-corrected chi connectivity index (χ1v) is 6.76. The van der Waals surface area contributed by atoms with E-state index < -0.39 is 18.1 Å². The van der Waals surface area contributed by atoms with Gasteiger partial charge in [-0.3, -0.25) is 4.79 Å². The molecule has 0 bridgehead atoms. The molecule has 1 amide bonds. The van der Waals surface area contributed by atoms with Crippen LogP contribution in [0.25, 0.3) is 0 Å². The lowest BCUT2D eigenvalue weighted by Gasteiger charge is -2.21. The van der Waals surface area contributed by atoms with Gasteiger partial charge in [0.15, 0.2) is 0 Å². The van der Waals surface area contributed by atoms with Crippen molar-refractivity contribution in [2.45, 2.75) is 64.0 Å². The fraction of sp³-hybridized carbons (Fsp3) is 0.846. The Morgan fingerprint density at radius 1 is 1.22 bits per heavy atom. The Balaban J connectivity index is 2.33. The van der Waals surface area contributed by atoms with Gasteiger partial charge in [-0.25, -0.2) is 4.79 Å². The molecule has 0 radical (unpaired) electrons. The molecular weight excluding hydrogens is 234 g/mol. The van der Waals surface area contributed by atoms with Gasteiger partial charge in [-0.2, -0.15) is 0 Å². The van der Waals surface area contributed by atoms with Crippen LogP contribution in [-0.2, 0) is 9.59 Å². The molecule has 1 aliphatic heterocycles. The highest BCUT2D eigenvalue weighted by Crippen LogP contribution is 2.20. The Morgan fingerprint density at radius 2 is 1.89 bits per heavy atom. The van der Waals surface area contributed by atoms with Crippen LogP contribution in [0.15, 0.2) is 0 Å². The van der Waals surface area contributed by atoms with Crippen molar-refractivity contribution in [1.82, 2.24) is 4.90 Å². The van der Waals surface area contributed by atoms with Gasteiger partial charge in [0.05, 0.1) is 6.10 Å². The molecule has 0 saturated carbocycles. The van der Waals surface area contributed by atoms with Gasteiger partial charge in [0.1, 0.15) is 6.04 Å². The lowest BCUT2D eigenvalue weighted by Crippen LogP contribution is -2.40. The van der Waals surface area contributed by atoms with Crippen LogP contribution >= 0.6 is 0 Å². The number of likely N-dealkylation sites (tertiary alicyclic amines) is 1. The third-order valence-electron chi connectivity index (χ3n) is 3.38. The van der Waals surface area contributed by atoms with Gasteiger partial charge in [-0.1, -0.05) is 32.6 Å². The van der Waals surface area contributed by atoms with Crippen LogP contribution in [0.3, 0.4) is 0 Å². The third kappa shape index (κ3) is 4.29. The monoisotopic (exact) mass is 257 g/mol. The number of carboxylic acid groups (broad SMARTS) is 1. The zero-order chi connectivity index (χ0) is 13.5. The van der Waals surface area contributed by atoms with E-state index in [1.807, 2.05) is 0 Å². The molecule has 0 aliphatic carbocycles. The minimum Gasteiger partial charge on any atom is -0.480 e. The van der Waals surface area contributed by atoms with Crippen molar-refractivity contribution >= 4 is 11.9 Å². The van der Waals surface area contributed by atoms with E-state index in [0.29, 0.717) is 6.42 Å². The number of rotatable bonds is 7. The van der Waals surface area contributed by atoms with Crippen molar-refractivity contribution < 1.29 is 19.8 Å². The van der Waals surface area contributed by atoms with E-state index in [4.69, 9.17) is 5.11 Å². The lowest BCUT2D eigenvalue weighted by molar-refractivity contribution is -0.148. The minimum absolute atomic E-state index is 0.143. The first-order chi connectivity index (χ1) is 8.56. The van der Waals surface area contributed by atoms with Gasteiger partial charge in [0.25, 0.3) is 0 Å². The van der Waals surface area contributed by atoms with Crippen LogP contribution in [0.2, 0.25) is 0 Å². The van der Waals surface area contributed by atoms with Crippen molar-refractivity contribution in [3.05, 3.63) is 0 Å². The summed E-state index contributed by atoms with van der Waals surface area (Å²) in [5, 5.41) is 18.4. The number of carbonyl (C=O) groups is 2. The SMILES string of the molecule is CCCCCCCC(=O)N1CC(O)CC1C(=O)O. The van der Waals surface area contributed by atoms with Crippen LogP contribution < -0.4 is 0 Å². The molecule has 1 saturated heterocycles. The zero-order valence-electron chi connectivity index (χ0n) is 11.0. The van der Waals surface area contributed by atoms with E-state index >= 15 is 0 Å². The number of carboxylic acids is 1. The van der Waals surface area contributed by atoms with Crippen molar-refractivity contribution in [3.63, 3.8) is 0 Å². The van der Waals surface area contributed by atoms with Crippen molar-refractivity contribution in [2.75, 3.05) is 6.54 Å². The molecule has 2 N–H and O–H groups in total. The van der Waals surface area contributed by atoms with Gasteiger partial charge < -0.3 is 15.1 Å². The molecule has 2 atom stereocenters. The largest absolute Gasteiger partial charge is 0.480 e. The Kier molecular flexibility index (Phi) is 6.12. The van der Waals surface area contributed by atoms with E-state index in [1.165, 1.54) is 11.3 Å². The average Bonchev–Trinajstić information content (AvgIpc) is 2.71. The van der Waals surface area contributed by atoms with Crippen LogP contribution in [0.1, 0.15) is 51.9 Å². The molecule has 5 heteroatoms. The number of amides is 1. The van der Waals surface area contributed by atoms with Gasteiger partial charge >= 0.3 is 5.97 Å². The maximum absolute atomic E-state index is 11.9. The quantitative estimate of drug-likeness (QED) is 0.676. The van der Waals surface area contributed by atoms with Crippen LogP contribution in [-0.4, -0.2) is 45.7 Å². The molecule has 0 spiro atoms. The second-order valence-corrected chi connectivity index (χ2v) is 4.95. The van der Waals surface area contributed by atoms with Crippen molar-refractivity contribution in [2.24, 2.45) is 0 Å². The summed E-state index contributed by atoms with van der Waals surface area (Å²) in [5.41, 5.74) is 0. The minimum atomic E-state index is -1.02. The summed E-state index contributed by atoms with van der Waals surface area (Å²) < 4.78 is 0. The molecule has 0 aromatic carbocycles. The molecule has 104 valence electrons. The Morgan fingerprint density at radius 3 is 2.50 bits per heavy atom. The zero-order valence-corrected chi connectivity index (χ0v) is 11.0. The normalized spacial score (nSPS) is 23.3. The fourth-order valence-electron chi connectivity index (χ4n) is 2.35. The van der Waals surface area contributed by atoms with Crippen LogP contribution in [0.4, 0.5) is 0 Å². The van der Waals surface area contributed by atoms with E-state index in [9.17, 15) is 14.7 Å². The second-order valence-electron chi connectivity index (χ2n) is 4.95. The highest BCUT2D eigenvalue weighted by atomic mass is 16.4. The number of aliphatic carboxylic acids is 1. The second kappa shape index (κ2) is 7.36. The summed E-state index contributed by atoms with van der Waals surface area (Å²) in [7, 11) is 0. The Hall–Kier alpha value is -1.10. The molecule has 18 heavy (non-hydrogen) atoms. The van der Waals surface area contributed by atoms with Crippen LogP contribution in [0.5, 0.6) is 0 Å². The molecule has 1 rings (SSSR count). The summed E-state index contributed by atoms with van der Waals surface area (Å²) >= 11 is 0. The highest BCUT2D eigenvalue weighted by molar-refractivity contribution is 5.84. The molecule has 1 heterocycles. The maximum Gasteiger partial charge on any atom is 0.326 e.